The summed E-state index contributed by atoms with van der Waals surface area (Å²) < 4.78 is 36.4. The first-order chi connectivity index (χ1) is 4.89. The normalized spacial score (nSPS) is 13.3. The Balaban J connectivity index is 4.41. The van der Waals surface area contributed by atoms with Gasteiger partial charge in [-0.1, -0.05) is 6.92 Å². The van der Waals surface area contributed by atoms with Crippen LogP contribution >= 0.6 is 0 Å². The number of halogens is 3. The van der Waals surface area contributed by atoms with Gasteiger partial charge in [0.05, 0.1) is 0 Å². The molecule has 11 heavy (non-hydrogen) atoms. The molecule has 0 saturated heterocycles. The van der Waals surface area contributed by atoms with Crippen molar-refractivity contribution >= 4 is 5.97 Å². The van der Waals surface area contributed by atoms with Gasteiger partial charge in [0.25, 0.3) is 5.92 Å². The average molecular weight is 168 g/mol. The van der Waals surface area contributed by atoms with Crippen molar-refractivity contribution in [3.8, 4) is 0 Å². The van der Waals surface area contributed by atoms with Gasteiger partial charge in [0.15, 0.2) is 0 Å². The van der Waals surface area contributed by atoms with E-state index >= 15 is 0 Å². The number of rotatable bonds is 3. The second-order valence-electron chi connectivity index (χ2n) is 1.91. The summed E-state index contributed by atoms with van der Waals surface area (Å²) >= 11 is 0. The van der Waals surface area contributed by atoms with Crippen molar-refractivity contribution in [3.05, 3.63) is 11.9 Å². The molecule has 0 amide bonds. The Kier molecular flexibility index (Phi) is 3.10. The Morgan fingerprint density at radius 3 is 2.36 bits per heavy atom. The Morgan fingerprint density at radius 1 is 1.64 bits per heavy atom. The zero-order chi connectivity index (χ0) is 9.07. The first-order valence-corrected chi connectivity index (χ1v) is 2.88. The molecule has 0 aliphatic heterocycles. The summed E-state index contributed by atoms with van der Waals surface area (Å²) in [6, 6.07) is 0. The van der Waals surface area contributed by atoms with Crippen LogP contribution in [-0.2, 0) is 4.79 Å². The molecule has 0 aliphatic rings. The Morgan fingerprint density at radius 2 is 2.09 bits per heavy atom. The monoisotopic (exact) mass is 168 g/mol. The fourth-order valence-electron chi connectivity index (χ4n) is 0.349. The summed E-state index contributed by atoms with van der Waals surface area (Å²) in [5.74, 6) is -7.17. The minimum absolute atomic E-state index is 0.199. The summed E-state index contributed by atoms with van der Waals surface area (Å²) in [6.07, 6.45) is -0.816. The number of carboxylic acids is 1. The van der Waals surface area contributed by atoms with Gasteiger partial charge in [0.1, 0.15) is 0 Å². The highest BCUT2D eigenvalue weighted by Gasteiger charge is 2.25. The number of carboxylic acid groups (broad SMARTS) is 1. The quantitative estimate of drug-likeness (QED) is 0.654. The van der Waals surface area contributed by atoms with E-state index in [0.717, 1.165) is 6.92 Å². The topological polar surface area (TPSA) is 37.3 Å². The molecule has 5 heteroatoms. The van der Waals surface area contributed by atoms with Gasteiger partial charge in [0, 0.05) is 12.5 Å². The fourth-order valence-corrected chi connectivity index (χ4v) is 0.349. The van der Waals surface area contributed by atoms with Gasteiger partial charge >= 0.3 is 5.97 Å². The third kappa shape index (κ3) is 3.64. The first kappa shape index (κ1) is 10.0. The number of hydrogen-bond acceptors (Lipinski definition) is 1. The number of alkyl halides is 2. The van der Waals surface area contributed by atoms with Gasteiger partial charge in [-0.05, 0) is 0 Å². The molecule has 0 fully saturated rings. The van der Waals surface area contributed by atoms with E-state index < -0.39 is 24.1 Å². The van der Waals surface area contributed by atoms with Crippen LogP contribution < -0.4 is 0 Å². The highest BCUT2D eigenvalue weighted by molar-refractivity contribution is 5.84. The van der Waals surface area contributed by atoms with E-state index in [2.05, 4.69) is 0 Å². The molecule has 0 aromatic rings. The van der Waals surface area contributed by atoms with Crippen LogP contribution in [-0.4, -0.2) is 17.0 Å². The highest BCUT2D eigenvalue weighted by atomic mass is 19.3. The van der Waals surface area contributed by atoms with E-state index in [1.807, 2.05) is 0 Å². The molecule has 0 spiro atoms. The number of hydrogen-bond donors (Lipinski definition) is 1. The Labute approximate surface area is 61.3 Å². The van der Waals surface area contributed by atoms with Crippen LogP contribution in [0.25, 0.3) is 0 Å². The molecule has 0 aromatic heterocycles. The molecular formula is C6H7F3O2. The molecule has 0 unspecified atom stereocenters. The Bertz CT molecular complexity index is 186. The molecule has 0 bridgehead atoms. The maximum Gasteiger partial charge on any atom is 0.364 e. The maximum absolute atomic E-state index is 12.2. The predicted molar refractivity (Wildman–Crippen MR) is 32.1 cm³/mol. The summed E-state index contributed by atoms with van der Waals surface area (Å²) in [6.45, 7) is 1.13. The summed E-state index contributed by atoms with van der Waals surface area (Å²) in [5, 5.41) is 7.86. The SMILES string of the molecule is CCC(F)(F)/C=C(\F)C(=O)O. The average Bonchev–Trinajstić information content (AvgIpc) is 1.87. The Hall–Kier alpha value is -1.00. The molecule has 0 atom stereocenters. The summed E-state index contributed by atoms with van der Waals surface area (Å²) in [7, 11) is 0. The third-order valence-electron chi connectivity index (χ3n) is 1.01. The lowest BCUT2D eigenvalue weighted by Crippen LogP contribution is -2.12. The second kappa shape index (κ2) is 3.41. The number of allylic oxidation sites excluding steroid dienone is 1. The van der Waals surface area contributed by atoms with Gasteiger partial charge in [-0.25, -0.2) is 13.6 Å². The van der Waals surface area contributed by atoms with Crippen molar-refractivity contribution in [2.45, 2.75) is 19.3 Å². The smallest absolute Gasteiger partial charge is 0.364 e. The molecular weight excluding hydrogens is 161 g/mol. The maximum atomic E-state index is 12.2. The van der Waals surface area contributed by atoms with E-state index in [1.54, 1.807) is 0 Å². The van der Waals surface area contributed by atoms with Crippen LogP contribution in [0.4, 0.5) is 13.2 Å². The molecule has 2 nitrogen and oxygen atoms in total. The third-order valence-corrected chi connectivity index (χ3v) is 1.01. The van der Waals surface area contributed by atoms with Crippen LogP contribution in [0.5, 0.6) is 0 Å². The fraction of sp³-hybridized carbons (Fsp3) is 0.500. The molecule has 0 aliphatic carbocycles. The molecule has 0 heterocycles. The summed E-state index contributed by atoms with van der Waals surface area (Å²) in [5.41, 5.74) is 0. The van der Waals surface area contributed by atoms with Crippen LogP contribution in [0.15, 0.2) is 11.9 Å². The minimum Gasteiger partial charge on any atom is -0.476 e. The molecule has 0 rings (SSSR count). The molecule has 64 valence electrons. The van der Waals surface area contributed by atoms with Crippen LogP contribution in [0.1, 0.15) is 13.3 Å². The zero-order valence-electron chi connectivity index (χ0n) is 5.77. The van der Waals surface area contributed by atoms with E-state index in [0.29, 0.717) is 0 Å². The van der Waals surface area contributed by atoms with Gasteiger partial charge in [-0.3, -0.25) is 0 Å². The van der Waals surface area contributed by atoms with Crippen LogP contribution in [0.3, 0.4) is 0 Å². The van der Waals surface area contributed by atoms with Crippen LogP contribution in [0, 0.1) is 0 Å². The lowest BCUT2D eigenvalue weighted by atomic mass is 10.2. The standard InChI is InChI=1S/C6H7F3O2/c1-2-6(8,9)3-4(7)5(10)11/h3H,2H2,1H3,(H,10,11)/b4-3-. The van der Waals surface area contributed by atoms with Crippen molar-refractivity contribution < 1.29 is 23.1 Å². The minimum atomic E-state index is -3.37. The molecule has 0 radical (unpaired) electrons. The van der Waals surface area contributed by atoms with Gasteiger partial charge < -0.3 is 5.11 Å². The van der Waals surface area contributed by atoms with Crippen molar-refractivity contribution in [3.63, 3.8) is 0 Å². The van der Waals surface area contributed by atoms with Gasteiger partial charge in [-0.2, -0.15) is 4.39 Å². The van der Waals surface area contributed by atoms with Gasteiger partial charge in [-0.15, -0.1) is 0 Å². The summed E-state index contributed by atoms with van der Waals surface area (Å²) in [4.78, 5) is 9.72. The predicted octanol–water partition coefficient (Wildman–Crippen LogP) is 1.97. The van der Waals surface area contributed by atoms with E-state index in [9.17, 15) is 18.0 Å². The lowest BCUT2D eigenvalue weighted by molar-refractivity contribution is -0.134. The molecule has 0 saturated carbocycles. The largest absolute Gasteiger partial charge is 0.476 e. The van der Waals surface area contributed by atoms with Crippen molar-refractivity contribution in [1.82, 2.24) is 0 Å². The highest BCUT2D eigenvalue weighted by Crippen LogP contribution is 2.21. The van der Waals surface area contributed by atoms with Crippen LogP contribution in [0.2, 0.25) is 0 Å². The lowest BCUT2D eigenvalue weighted by Gasteiger charge is -2.06. The van der Waals surface area contributed by atoms with Crippen molar-refractivity contribution in [2.75, 3.05) is 0 Å². The van der Waals surface area contributed by atoms with E-state index in [4.69, 9.17) is 5.11 Å². The second-order valence-corrected chi connectivity index (χ2v) is 1.91. The molecule has 0 aromatic carbocycles. The first-order valence-electron chi connectivity index (χ1n) is 2.88. The zero-order valence-corrected chi connectivity index (χ0v) is 5.77. The number of carbonyl (C=O) groups is 1. The van der Waals surface area contributed by atoms with Gasteiger partial charge in [0.2, 0.25) is 5.83 Å². The van der Waals surface area contributed by atoms with Crippen molar-refractivity contribution in [1.29, 1.82) is 0 Å². The number of aliphatic carboxylic acids is 1. The van der Waals surface area contributed by atoms with E-state index in [1.165, 1.54) is 0 Å². The molecule has 1 N–H and O–H groups in total. The van der Waals surface area contributed by atoms with E-state index in [-0.39, 0.29) is 6.08 Å². The van der Waals surface area contributed by atoms with Crippen molar-refractivity contribution in [2.24, 2.45) is 0 Å².